The summed E-state index contributed by atoms with van der Waals surface area (Å²) >= 11 is 0. The van der Waals surface area contributed by atoms with Crippen molar-refractivity contribution in [3.8, 4) is 0 Å². The zero-order valence-electron chi connectivity index (χ0n) is 5.58. The summed E-state index contributed by atoms with van der Waals surface area (Å²) in [7, 11) is -5.25. The molecule has 4 nitrogen and oxygen atoms in total. The van der Waals surface area contributed by atoms with Gasteiger partial charge in [0.1, 0.15) is 6.26 Å². The molecule has 0 N–H and O–H groups in total. The van der Waals surface area contributed by atoms with Gasteiger partial charge in [0.15, 0.2) is 6.73 Å². The van der Waals surface area contributed by atoms with Gasteiger partial charge in [-0.2, -0.15) is 21.6 Å². The maximum atomic E-state index is 11.8. The SMILES string of the molecule is O=S(=O)(N1C=COC1)C(F)(F)F. The van der Waals surface area contributed by atoms with Crippen molar-refractivity contribution in [3.05, 3.63) is 12.5 Å². The molecule has 1 heterocycles. The predicted octanol–water partition coefficient (Wildman–Crippen LogP) is 0.597. The highest BCUT2D eigenvalue weighted by atomic mass is 32.2. The first-order valence-electron chi connectivity index (χ1n) is 2.72. The quantitative estimate of drug-likeness (QED) is 0.626. The predicted molar refractivity (Wildman–Crippen MR) is 31.9 cm³/mol. The van der Waals surface area contributed by atoms with Crippen LogP contribution in [-0.2, 0) is 14.8 Å². The number of ether oxygens (including phenoxy) is 1. The van der Waals surface area contributed by atoms with Gasteiger partial charge < -0.3 is 4.74 Å². The maximum absolute atomic E-state index is 11.8. The molecular formula is C4H4F3NO3S. The van der Waals surface area contributed by atoms with Crippen molar-refractivity contribution >= 4 is 10.0 Å². The number of hydrogen-bond acceptors (Lipinski definition) is 3. The molecule has 0 unspecified atom stereocenters. The standard InChI is InChI=1S/C4H4F3NO3S/c5-4(6,7)12(9,10)8-1-2-11-3-8/h1-2H,3H2. The Morgan fingerprint density at radius 3 is 2.33 bits per heavy atom. The van der Waals surface area contributed by atoms with Crippen molar-refractivity contribution in [1.29, 1.82) is 0 Å². The van der Waals surface area contributed by atoms with Gasteiger partial charge >= 0.3 is 15.5 Å². The molecule has 70 valence electrons. The van der Waals surface area contributed by atoms with Crippen molar-refractivity contribution in [3.63, 3.8) is 0 Å². The Morgan fingerprint density at radius 1 is 1.42 bits per heavy atom. The van der Waals surface area contributed by atoms with Gasteiger partial charge in [-0.15, -0.1) is 0 Å². The summed E-state index contributed by atoms with van der Waals surface area (Å²) in [5, 5.41) is 0. The van der Waals surface area contributed by atoms with E-state index in [1.165, 1.54) is 0 Å². The molecule has 0 aliphatic carbocycles. The van der Waals surface area contributed by atoms with Crippen molar-refractivity contribution < 1.29 is 26.3 Å². The molecular weight excluding hydrogens is 199 g/mol. The first-order valence-corrected chi connectivity index (χ1v) is 4.16. The van der Waals surface area contributed by atoms with E-state index in [1.54, 1.807) is 0 Å². The van der Waals surface area contributed by atoms with Gasteiger partial charge in [0.05, 0.1) is 6.20 Å². The Morgan fingerprint density at radius 2 is 2.00 bits per heavy atom. The third-order valence-electron chi connectivity index (χ3n) is 1.13. The lowest BCUT2D eigenvalue weighted by Gasteiger charge is -2.15. The largest absolute Gasteiger partial charge is 0.516 e. The number of nitrogens with zero attached hydrogens (tertiary/aromatic N) is 1. The minimum atomic E-state index is -5.27. The van der Waals surface area contributed by atoms with Crippen LogP contribution in [0.25, 0.3) is 0 Å². The van der Waals surface area contributed by atoms with Gasteiger partial charge in [-0.25, -0.2) is 4.31 Å². The molecule has 0 saturated heterocycles. The van der Waals surface area contributed by atoms with Crippen LogP contribution in [0.5, 0.6) is 0 Å². The Balaban J connectivity index is 2.94. The average Bonchev–Trinajstić information content (AvgIpc) is 2.34. The zero-order chi connectivity index (χ0) is 9.41. The molecule has 0 aromatic heterocycles. The van der Waals surface area contributed by atoms with Crippen LogP contribution in [0, 0.1) is 0 Å². The Hall–Kier alpha value is -0.920. The normalized spacial score (nSPS) is 18.1. The summed E-state index contributed by atoms with van der Waals surface area (Å²) in [6.07, 6.45) is 1.59. The van der Waals surface area contributed by atoms with Crippen molar-refractivity contribution in [2.75, 3.05) is 6.73 Å². The molecule has 0 fully saturated rings. The lowest BCUT2D eigenvalue weighted by atomic mass is 11.0. The second-order valence-corrected chi connectivity index (χ2v) is 3.80. The van der Waals surface area contributed by atoms with Crippen molar-refractivity contribution in [1.82, 2.24) is 4.31 Å². The van der Waals surface area contributed by atoms with Crippen LogP contribution >= 0.6 is 0 Å². The van der Waals surface area contributed by atoms with Gasteiger partial charge in [-0.05, 0) is 0 Å². The van der Waals surface area contributed by atoms with Crippen molar-refractivity contribution in [2.24, 2.45) is 0 Å². The van der Waals surface area contributed by atoms with E-state index >= 15 is 0 Å². The number of alkyl halides is 3. The summed E-state index contributed by atoms with van der Waals surface area (Å²) in [6.45, 7) is -0.623. The van der Waals surface area contributed by atoms with E-state index in [4.69, 9.17) is 0 Å². The van der Waals surface area contributed by atoms with E-state index in [2.05, 4.69) is 4.74 Å². The van der Waals surface area contributed by atoms with Gasteiger partial charge in [0, 0.05) is 0 Å². The topological polar surface area (TPSA) is 46.6 Å². The van der Waals surface area contributed by atoms with Gasteiger partial charge in [-0.3, -0.25) is 0 Å². The highest BCUT2D eigenvalue weighted by Gasteiger charge is 2.50. The first kappa shape index (κ1) is 9.17. The number of halogens is 3. The minimum Gasteiger partial charge on any atom is -0.478 e. The summed E-state index contributed by atoms with van der Waals surface area (Å²) < 4.78 is 60.7. The highest BCUT2D eigenvalue weighted by molar-refractivity contribution is 7.90. The molecule has 0 atom stereocenters. The van der Waals surface area contributed by atoms with Gasteiger partial charge in [0.25, 0.3) is 0 Å². The third kappa shape index (κ3) is 1.33. The van der Waals surface area contributed by atoms with Crippen molar-refractivity contribution in [2.45, 2.75) is 5.51 Å². The number of rotatable bonds is 1. The number of hydrogen-bond donors (Lipinski definition) is 0. The van der Waals surface area contributed by atoms with E-state index in [1.807, 2.05) is 0 Å². The molecule has 8 heteroatoms. The van der Waals surface area contributed by atoms with Gasteiger partial charge in [-0.1, -0.05) is 0 Å². The molecule has 0 radical (unpaired) electrons. The summed E-state index contributed by atoms with van der Waals surface area (Å²) in [4.78, 5) is 0. The molecule has 1 aliphatic rings. The highest BCUT2D eigenvalue weighted by Crippen LogP contribution is 2.27. The van der Waals surface area contributed by atoms with E-state index in [9.17, 15) is 21.6 Å². The van der Waals surface area contributed by atoms with E-state index in [-0.39, 0.29) is 4.31 Å². The van der Waals surface area contributed by atoms with Crippen LogP contribution in [-0.4, -0.2) is 25.0 Å². The molecule has 0 amide bonds. The lowest BCUT2D eigenvalue weighted by molar-refractivity contribution is -0.0487. The average molecular weight is 203 g/mol. The summed E-state index contributed by atoms with van der Waals surface area (Å²) in [6, 6.07) is 0. The lowest BCUT2D eigenvalue weighted by Crippen LogP contribution is -2.36. The molecule has 1 aliphatic heterocycles. The summed E-state index contributed by atoms with van der Waals surface area (Å²) in [5.41, 5.74) is -5.27. The maximum Gasteiger partial charge on any atom is 0.516 e. The van der Waals surface area contributed by atoms with E-state index < -0.39 is 22.3 Å². The van der Waals surface area contributed by atoms with Gasteiger partial charge in [0.2, 0.25) is 0 Å². The van der Waals surface area contributed by atoms with E-state index in [0.717, 1.165) is 6.26 Å². The molecule has 0 spiro atoms. The Labute approximate surface area is 66.3 Å². The summed E-state index contributed by atoms with van der Waals surface area (Å²) in [5.74, 6) is 0. The molecule has 0 aromatic rings. The van der Waals surface area contributed by atoms with Crippen LogP contribution in [0.1, 0.15) is 0 Å². The van der Waals surface area contributed by atoms with Crippen LogP contribution in [0.3, 0.4) is 0 Å². The number of sulfonamides is 1. The fourth-order valence-corrected chi connectivity index (χ4v) is 1.23. The molecule has 0 saturated carbocycles. The zero-order valence-corrected chi connectivity index (χ0v) is 6.39. The molecule has 12 heavy (non-hydrogen) atoms. The van der Waals surface area contributed by atoms with Crippen LogP contribution in [0.4, 0.5) is 13.2 Å². The van der Waals surface area contributed by atoms with Crippen LogP contribution in [0.15, 0.2) is 12.5 Å². The Bertz CT molecular complexity index is 293. The molecule has 0 aromatic carbocycles. The molecule has 1 rings (SSSR count). The first-order chi connectivity index (χ1) is 5.36. The van der Waals surface area contributed by atoms with Crippen LogP contribution in [0.2, 0.25) is 0 Å². The Kier molecular flexibility index (Phi) is 1.94. The second kappa shape index (κ2) is 2.54. The minimum absolute atomic E-state index is 0.0764. The smallest absolute Gasteiger partial charge is 0.478 e. The monoisotopic (exact) mass is 203 g/mol. The second-order valence-electron chi connectivity index (χ2n) is 1.92. The van der Waals surface area contributed by atoms with Crippen LogP contribution < -0.4 is 0 Å². The van der Waals surface area contributed by atoms with E-state index in [0.29, 0.717) is 6.20 Å². The molecule has 0 bridgehead atoms. The third-order valence-corrected chi connectivity index (χ3v) is 2.56. The fourth-order valence-electron chi connectivity index (χ4n) is 0.553. The fraction of sp³-hybridized carbons (Fsp3) is 0.500.